The van der Waals surface area contributed by atoms with E-state index in [0.717, 1.165) is 27.9 Å². The molecular formula is C24H18BO4. The lowest BCUT2D eigenvalue weighted by molar-refractivity contribution is 0.105. The summed E-state index contributed by atoms with van der Waals surface area (Å²) < 4.78 is 16.2. The Morgan fingerprint density at radius 3 is 2.52 bits per heavy atom. The molecule has 0 spiro atoms. The number of ketones is 1. The van der Waals surface area contributed by atoms with Crippen molar-refractivity contribution in [1.29, 1.82) is 0 Å². The second-order valence-corrected chi connectivity index (χ2v) is 6.49. The van der Waals surface area contributed by atoms with Gasteiger partial charge in [0.1, 0.15) is 17.2 Å². The summed E-state index contributed by atoms with van der Waals surface area (Å²) >= 11 is 0. The summed E-state index contributed by atoms with van der Waals surface area (Å²) in [5.74, 6) is 7.57. The second-order valence-electron chi connectivity index (χ2n) is 6.49. The molecule has 1 aliphatic heterocycles. The van der Waals surface area contributed by atoms with Gasteiger partial charge in [0, 0.05) is 17.2 Å². The Kier molecular flexibility index (Phi) is 5.26. The monoisotopic (exact) mass is 381 g/mol. The van der Waals surface area contributed by atoms with Gasteiger partial charge >= 0.3 is 0 Å². The zero-order chi connectivity index (χ0) is 20.2. The van der Waals surface area contributed by atoms with Crippen LogP contribution in [0.1, 0.15) is 15.9 Å². The Balaban J connectivity index is 1.68. The Labute approximate surface area is 170 Å². The molecule has 0 unspecified atom stereocenters. The van der Waals surface area contributed by atoms with Gasteiger partial charge < -0.3 is 14.2 Å². The second kappa shape index (κ2) is 8.16. The summed E-state index contributed by atoms with van der Waals surface area (Å²) in [6.45, 7) is 0.572. The molecule has 0 saturated heterocycles. The van der Waals surface area contributed by atoms with Crippen molar-refractivity contribution in [3.8, 4) is 40.2 Å². The molecule has 0 atom stereocenters. The first-order valence-electron chi connectivity index (χ1n) is 9.17. The summed E-state index contributed by atoms with van der Waals surface area (Å²) in [4.78, 5) is 12.9. The van der Waals surface area contributed by atoms with Gasteiger partial charge in [0.15, 0.2) is 0 Å². The van der Waals surface area contributed by atoms with Crippen LogP contribution in [0.25, 0.3) is 11.1 Å². The van der Waals surface area contributed by atoms with Crippen molar-refractivity contribution in [3.05, 3.63) is 71.8 Å². The van der Waals surface area contributed by atoms with Crippen LogP contribution in [0.15, 0.2) is 60.7 Å². The van der Waals surface area contributed by atoms with E-state index in [0.29, 0.717) is 23.6 Å². The quantitative estimate of drug-likeness (QED) is 0.395. The van der Waals surface area contributed by atoms with Gasteiger partial charge in [-0.2, -0.15) is 0 Å². The van der Waals surface area contributed by atoms with Gasteiger partial charge in [0.05, 0.1) is 20.7 Å². The van der Waals surface area contributed by atoms with Crippen molar-refractivity contribution in [2.45, 2.75) is 0 Å². The topological polar surface area (TPSA) is 44.8 Å². The number of ether oxygens (including phenoxy) is 3. The van der Waals surface area contributed by atoms with Gasteiger partial charge in [-0.3, -0.25) is 4.79 Å². The average Bonchev–Trinajstić information content (AvgIpc) is 3.25. The summed E-state index contributed by atoms with van der Waals surface area (Å²) in [5.41, 5.74) is 3.93. The SMILES string of the molecule is COc1cc(OC)cc(-c2ccccc2C(=O)C#Cc2ccc3c(c2)OC[B]3)c1. The third-order valence-electron chi connectivity index (χ3n) is 4.71. The minimum absolute atomic E-state index is 0.254. The van der Waals surface area contributed by atoms with E-state index in [-0.39, 0.29) is 5.78 Å². The molecule has 1 heterocycles. The normalized spacial score (nSPS) is 11.4. The van der Waals surface area contributed by atoms with Crippen LogP contribution in [0.4, 0.5) is 0 Å². The number of hydrogen-bond donors (Lipinski definition) is 0. The number of benzene rings is 3. The van der Waals surface area contributed by atoms with Gasteiger partial charge in [-0.1, -0.05) is 30.2 Å². The largest absolute Gasteiger partial charge is 0.503 e. The Bertz CT molecular complexity index is 1120. The molecule has 0 N–H and O–H groups in total. The number of carbonyl (C=O) groups excluding carboxylic acids is 1. The first kappa shape index (κ1) is 18.7. The molecule has 3 aromatic carbocycles. The van der Waals surface area contributed by atoms with E-state index >= 15 is 0 Å². The van der Waals surface area contributed by atoms with E-state index in [1.165, 1.54) is 0 Å². The van der Waals surface area contributed by atoms with Crippen molar-refractivity contribution in [2.24, 2.45) is 0 Å². The molecular weight excluding hydrogens is 363 g/mol. The molecule has 1 radical (unpaired) electrons. The summed E-state index contributed by atoms with van der Waals surface area (Å²) in [6, 6.07) is 18.6. The van der Waals surface area contributed by atoms with E-state index in [1.54, 1.807) is 26.4 Å². The summed E-state index contributed by atoms with van der Waals surface area (Å²) in [6.07, 6.45) is 0. The lowest BCUT2D eigenvalue weighted by Gasteiger charge is -2.11. The highest BCUT2D eigenvalue weighted by Crippen LogP contribution is 2.31. The molecule has 0 amide bonds. The molecule has 4 nitrogen and oxygen atoms in total. The first-order chi connectivity index (χ1) is 14.2. The smallest absolute Gasteiger partial charge is 0.236 e. The predicted molar refractivity (Wildman–Crippen MR) is 114 cm³/mol. The molecule has 141 valence electrons. The van der Waals surface area contributed by atoms with Crippen LogP contribution >= 0.6 is 0 Å². The minimum Gasteiger partial charge on any atom is -0.503 e. The molecule has 5 heteroatoms. The van der Waals surface area contributed by atoms with E-state index in [4.69, 9.17) is 14.2 Å². The third kappa shape index (κ3) is 3.97. The van der Waals surface area contributed by atoms with Crippen LogP contribution in [0.3, 0.4) is 0 Å². The zero-order valence-electron chi connectivity index (χ0n) is 16.2. The lowest BCUT2D eigenvalue weighted by atomic mass is 9.73. The predicted octanol–water partition coefficient (Wildman–Crippen LogP) is 3.28. The molecule has 29 heavy (non-hydrogen) atoms. The number of hydrogen-bond acceptors (Lipinski definition) is 4. The van der Waals surface area contributed by atoms with Gasteiger partial charge in [0.2, 0.25) is 13.1 Å². The Hall–Kier alpha value is -3.65. The Morgan fingerprint density at radius 2 is 1.76 bits per heavy atom. The van der Waals surface area contributed by atoms with Gasteiger partial charge in [-0.15, -0.1) is 0 Å². The molecule has 0 bridgehead atoms. The molecule has 1 aliphatic rings. The fraction of sp³-hybridized carbons (Fsp3) is 0.125. The molecule has 3 aromatic rings. The van der Waals surface area contributed by atoms with Gasteiger partial charge in [-0.05, 0) is 52.8 Å². The fourth-order valence-electron chi connectivity index (χ4n) is 3.22. The van der Waals surface area contributed by atoms with E-state index in [2.05, 4.69) is 11.8 Å². The molecule has 0 fully saturated rings. The van der Waals surface area contributed by atoms with Gasteiger partial charge in [0.25, 0.3) is 0 Å². The van der Waals surface area contributed by atoms with Crippen LogP contribution < -0.4 is 19.7 Å². The maximum Gasteiger partial charge on any atom is 0.236 e. The van der Waals surface area contributed by atoms with Crippen LogP contribution in [0.2, 0.25) is 0 Å². The number of fused-ring (bicyclic) bond motifs is 1. The van der Waals surface area contributed by atoms with Crippen molar-refractivity contribution < 1.29 is 19.0 Å². The Morgan fingerprint density at radius 1 is 1.00 bits per heavy atom. The minimum atomic E-state index is -0.254. The van der Waals surface area contributed by atoms with Gasteiger partial charge in [-0.25, -0.2) is 0 Å². The van der Waals surface area contributed by atoms with Crippen molar-refractivity contribution in [3.63, 3.8) is 0 Å². The highest BCUT2D eigenvalue weighted by molar-refractivity contribution is 6.55. The van der Waals surface area contributed by atoms with E-state index < -0.39 is 0 Å². The molecule has 0 aliphatic carbocycles. The fourth-order valence-corrected chi connectivity index (χ4v) is 3.22. The highest BCUT2D eigenvalue weighted by Gasteiger charge is 2.14. The van der Waals surface area contributed by atoms with E-state index in [9.17, 15) is 4.79 Å². The third-order valence-corrected chi connectivity index (χ3v) is 4.71. The average molecular weight is 381 g/mol. The number of carbonyl (C=O) groups is 1. The maximum absolute atomic E-state index is 12.9. The number of rotatable bonds is 4. The summed E-state index contributed by atoms with van der Waals surface area (Å²) in [7, 11) is 5.20. The number of methoxy groups -OCH3 is 2. The zero-order valence-corrected chi connectivity index (χ0v) is 16.2. The van der Waals surface area contributed by atoms with Crippen LogP contribution in [0.5, 0.6) is 17.2 Å². The molecule has 0 aromatic heterocycles. The van der Waals surface area contributed by atoms with Crippen molar-refractivity contribution in [2.75, 3.05) is 20.7 Å². The van der Waals surface area contributed by atoms with Crippen molar-refractivity contribution in [1.82, 2.24) is 0 Å². The van der Waals surface area contributed by atoms with E-state index in [1.807, 2.05) is 55.8 Å². The van der Waals surface area contributed by atoms with Crippen LogP contribution in [-0.2, 0) is 0 Å². The first-order valence-corrected chi connectivity index (χ1v) is 9.17. The maximum atomic E-state index is 12.9. The van der Waals surface area contributed by atoms with Crippen LogP contribution in [-0.4, -0.2) is 33.8 Å². The molecule has 0 saturated carbocycles. The highest BCUT2D eigenvalue weighted by atomic mass is 16.5. The van der Waals surface area contributed by atoms with Crippen molar-refractivity contribution >= 4 is 18.5 Å². The lowest BCUT2D eigenvalue weighted by Crippen LogP contribution is -2.09. The number of Topliss-reactive ketones (excluding diaryl/α,β-unsaturated/α-hetero) is 1. The standard InChI is InChI=1S/C24H18BO4/c1-27-18-12-17(13-19(14-18)28-2)20-5-3-4-6-21(20)23(26)10-8-16-7-9-22-24(11-16)29-15-25-22/h3-7,9,11-14H,15H2,1-2H3. The molecule has 4 rings (SSSR count). The van der Waals surface area contributed by atoms with Crippen LogP contribution in [0, 0.1) is 11.8 Å². The summed E-state index contributed by atoms with van der Waals surface area (Å²) in [5, 5.41) is 0.